The molecule has 57 heavy (non-hydrogen) atoms. The lowest BCUT2D eigenvalue weighted by atomic mass is 10.1. The summed E-state index contributed by atoms with van der Waals surface area (Å²) < 4.78 is -0.180. The number of hydrogen-bond donors (Lipinski definition) is 0. The topological polar surface area (TPSA) is 0 Å². The molecule has 0 saturated carbocycles. The molecule has 0 aromatic heterocycles. The van der Waals surface area contributed by atoms with Crippen LogP contribution in [0.2, 0.25) is 0 Å². The maximum Gasteiger partial charge on any atom is 0.0546 e. The molecular weight excluding hydrogens is 742 g/mol. The van der Waals surface area contributed by atoms with Gasteiger partial charge in [0.1, 0.15) is 0 Å². The van der Waals surface area contributed by atoms with Crippen LogP contribution in [-0.4, -0.2) is 4.64 Å². The molecule has 0 N–H and O–H groups in total. The molecule has 0 heterocycles. The highest BCUT2D eigenvalue weighted by Gasteiger charge is 2.55. The summed E-state index contributed by atoms with van der Waals surface area (Å²) in [5, 5.41) is 9.34. The average molecular weight is 807 g/mol. The van der Waals surface area contributed by atoms with Crippen molar-refractivity contribution in [2.24, 2.45) is 0 Å². The van der Waals surface area contributed by atoms with Gasteiger partial charge in [0.05, 0.1) is 4.64 Å². The first kappa shape index (κ1) is 43.2. The van der Waals surface area contributed by atoms with Crippen LogP contribution in [0.25, 0.3) is 0 Å². The summed E-state index contributed by atoms with van der Waals surface area (Å²) in [7, 11) is -2.98. The molecule has 3 heteroatoms. The normalized spacial score (nSPS) is 12.0. The average Bonchev–Trinajstić information content (AvgIpc) is 3.18. The van der Waals surface area contributed by atoms with E-state index in [-0.39, 0.29) is 4.64 Å². The molecule has 0 aliphatic carbocycles. The zero-order chi connectivity index (χ0) is 41.2. The Hall–Kier alpha value is -3.39. The molecule has 0 atom stereocenters. The van der Waals surface area contributed by atoms with Gasteiger partial charge in [-0.1, -0.05) is 135 Å². The summed E-state index contributed by atoms with van der Waals surface area (Å²) in [5.74, 6) is 0. The fraction of sp³-hybridized carbons (Fsp3) is 0.333. The van der Waals surface area contributed by atoms with Crippen LogP contribution in [-0.2, 0) is 0 Å². The van der Waals surface area contributed by atoms with Crippen LogP contribution in [0.15, 0.2) is 109 Å². The number of rotatable bonds is 13. The third-order valence-electron chi connectivity index (χ3n) is 13.1. The van der Waals surface area contributed by atoms with Crippen molar-refractivity contribution < 1.29 is 0 Å². The van der Waals surface area contributed by atoms with Crippen molar-refractivity contribution in [3.05, 3.63) is 176 Å². The van der Waals surface area contributed by atoms with Gasteiger partial charge in [-0.05, 0) is 212 Å². The molecule has 0 aliphatic heterocycles. The van der Waals surface area contributed by atoms with E-state index in [1.165, 1.54) is 86.0 Å². The minimum atomic E-state index is -0.993. The first-order chi connectivity index (χ1) is 27.3. The van der Waals surface area contributed by atoms with E-state index in [0.29, 0.717) is 0 Å². The lowest BCUT2D eigenvalue weighted by molar-refractivity contribution is 0.680. The molecule has 0 radical (unpaired) electrons. The van der Waals surface area contributed by atoms with Gasteiger partial charge in [0.15, 0.2) is 0 Å². The van der Waals surface area contributed by atoms with Gasteiger partial charge in [-0.25, -0.2) is 0 Å². The molecule has 0 amide bonds. The van der Waals surface area contributed by atoms with Gasteiger partial charge in [0, 0.05) is 0 Å². The summed E-state index contributed by atoms with van der Waals surface area (Å²) in [6.07, 6.45) is 4.74. The van der Waals surface area contributed by atoms with Crippen molar-refractivity contribution in [3.8, 4) is 0 Å². The Labute approximate surface area is 350 Å². The van der Waals surface area contributed by atoms with Crippen LogP contribution in [0.4, 0.5) is 0 Å². The Balaban J connectivity index is 2.01. The maximum absolute atomic E-state index is 2.55. The molecule has 0 unspecified atom stereocenters. The van der Waals surface area contributed by atoms with Crippen LogP contribution in [0, 0.1) is 83.1 Å². The molecule has 0 fully saturated rings. The van der Waals surface area contributed by atoms with Crippen molar-refractivity contribution >= 4 is 55.6 Å². The van der Waals surface area contributed by atoms with E-state index in [1.54, 1.807) is 31.8 Å². The largest absolute Gasteiger partial charge is 0.0654 e. The monoisotopic (exact) mass is 806 g/mol. The smallest absolute Gasteiger partial charge is 0.0546 e. The number of benzene rings is 6. The molecule has 6 aromatic carbocycles. The zero-order valence-corrected chi connectivity index (χ0v) is 39.7. The summed E-state index contributed by atoms with van der Waals surface area (Å²) in [5.41, 5.74) is 17.1. The van der Waals surface area contributed by atoms with E-state index in [9.17, 15) is 0 Å². The molecule has 0 spiro atoms. The van der Waals surface area contributed by atoms with E-state index in [1.807, 2.05) is 0 Å². The van der Waals surface area contributed by atoms with Gasteiger partial charge < -0.3 is 0 Å². The fourth-order valence-electron chi connectivity index (χ4n) is 8.66. The number of hydrogen-bond acceptors (Lipinski definition) is 0. The Morgan fingerprint density at radius 2 is 0.526 bits per heavy atom. The highest BCUT2D eigenvalue weighted by atomic mass is 31.2. The Bertz CT molecular complexity index is 1970. The molecule has 296 valence electrons. The van der Waals surface area contributed by atoms with Crippen molar-refractivity contribution in [2.45, 2.75) is 120 Å². The summed E-state index contributed by atoms with van der Waals surface area (Å²) in [6, 6.07) is 43.5. The van der Waals surface area contributed by atoms with Crippen LogP contribution in [0.1, 0.15) is 99.4 Å². The van der Waals surface area contributed by atoms with E-state index in [2.05, 4.69) is 199 Å². The minimum Gasteiger partial charge on any atom is -0.0654 e. The summed E-state index contributed by atoms with van der Waals surface area (Å²) >= 11 is 0. The van der Waals surface area contributed by atoms with E-state index in [0.717, 1.165) is 6.42 Å². The molecule has 6 rings (SSSR count). The lowest BCUT2D eigenvalue weighted by Gasteiger charge is -2.55. The number of aryl methyl sites for hydroxylation is 6. The Kier molecular flexibility index (Phi) is 13.8. The quantitative estimate of drug-likeness (QED) is 0.0806. The van der Waals surface area contributed by atoms with Crippen molar-refractivity contribution in [2.75, 3.05) is 0 Å². The Morgan fingerprint density at radius 1 is 0.316 bits per heavy atom. The Morgan fingerprint density at radius 3 is 0.719 bits per heavy atom. The molecule has 0 saturated heterocycles. The van der Waals surface area contributed by atoms with Crippen molar-refractivity contribution in [1.82, 2.24) is 0 Å². The summed E-state index contributed by atoms with van der Waals surface area (Å²) in [4.78, 5) is 0. The SMILES string of the molecule is CCCCCC(P(c1cccc(C)c1C)c1cccc(C)c1C)(P(c1cccc(C)c1C)c1cccc(C)c1C)P(c1cccc(C)c1C)c1cccc(C)c1C. The highest BCUT2D eigenvalue weighted by molar-refractivity contribution is 8.05. The fourth-order valence-corrected chi connectivity index (χ4v) is 23.7. The minimum absolute atomic E-state index is 0.180. The van der Waals surface area contributed by atoms with Gasteiger partial charge in [0.25, 0.3) is 0 Å². The summed E-state index contributed by atoms with van der Waals surface area (Å²) in [6.45, 7) is 31.0. The first-order valence-electron chi connectivity index (χ1n) is 21.0. The highest BCUT2D eigenvalue weighted by Crippen LogP contribution is 2.80. The standard InChI is InChI=1S/C54H65P3/c1-14-15-16-35-54(55(48-29-17-23-36(2)42(48)8)49-30-18-24-37(3)43(49)9,56(50-31-19-25-38(4)44(50)10)51-32-20-26-39(5)45(51)11)57(52-33-21-27-40(6)46(52)12)53-34-22-28-41(7)47(53)13/h17-34H,14-16,35H2,1-13H3. The van der Waals surface area contributed by atoms with Crippen molar-refractivity contribution in [3.63, 3.8) is 0 Å². The van der Waals surface area contributed by atoms with Gasteiger partial charge >= 0.3 is 0 Å². The van der Waals surface area contributed by atoms with Crippen LogP contribution in [0.3, 0.4) is 0 Å². The third-order valence-corrected chi connectivity index (χ3v) is 25.3. The van der Waals surface area contributed by atoms with Gasteiger partial charge in [-0.2, -0.15) is 0 Å². The van der Waals surface area contributed by atoms with Crippen LogP contribution < -0.4 is 31.8 Å². The molecule has 0 aliphatic rings. The first-order valence-corrected chi connectivity index (χ1v) is 25.1. The predicted octanol–water partition coefficient (Wildman–Crippen LogP) is 13.3. The van der Waals surface area contributed by atoms with E-state index >= 15 is 0 Å². The number of unbranched alkanes of at least 4 members (excludes halogenated alkanes) is 2. The van der Waals surface area contributed by atoms with Crippen LogP contribution >= 0.6 is 23.8 Å². The van der Waals surface area contributed by atoms with Crippen LogP contribution in [0.5, 0.6) is 0 Å². The third kappa shape index (κ3) is 8.15. The van der Waals surface area contributed by atoms with Gasteiger partial charge in [-0.3, -0.25) is 0 Å². The van der Waals surface area contributed by atoms with E-state index < -0.39 is 23.8 Å². The van der Waals surface area contributed by atoms with E-state index in [4.69, 9.17) is 0 Å². The molecule has 0 nitrogen and oxygen atoms in total. The maximum atomic E-state index is 2.55. The molecular formula is C54H65P3. The lowest BCUT2D eigenvalue weighted by Crippen LogP contribution is -2.45. The predicted molar refractivity (Wildman–Crippen MR) is 261 cm³/mol. The van der Waals surface area contributed by atoms with Gasteiger partial charge in [0.2, 0.25) is 0 Å². The van der Waals surface area contributed by atoms with Gasteiger partial charge in [-0.15, -0.1) is 0 Å². The second kappa shape index (κ2) is 18.3. The molecule has 0 bridgehead atoms. The second-order valence-corrected chi connectivity index (χ2v) is 24.8. The molecule has 6 aromatic rings. The second-order valence-electron chi connectivity index (χ2n) is 16.6. The zero-order valence-electron chi connectivity index (χ0n) is 37.1. The van der Waals surface area contributed by atoms with Crippen molar-refractivity contribution in [1.29, 1.82) is 0 Å².